The number of unbranched alkanes of at least 4 members (excludes halogenated alkanes) is 1. The van der Waals surface area contributed by atoms with Gasteiger partial charge in [-0.3, -0.25) is 0 Å². The molecule has 0 aliphatic heterocycles. The van der Waals surface area contributed by atoms with Crippen LogP contribution < -0.4 is 15.2 Å². The molecule has 0 unspecified atom stereocenters. The van der Waals surface area contributed by atoms with Crippen molar-refractivity contribution in [3.05, 3.63) is 52.5 Å². The van der Waals surface area contributed by atoms with Gasteiger partial charge in [-0.05, 0) is 62.6 Å². The smallest absolute Gasteiger partial charge is 0.124 e. The molecule has 2 rings (SSSR count). The molecule has 118 valence electrons. The van der Waals surface area contributed by atoms with E-state index in [1.54, 1.807) is 0 Å². The van der Waals surface area contributed by atoms with E-state index in [0.29, 0.717) is 13.2 Å². The van der Waals surface area contributed by atoms with Crippen molar-refractivity contribution < 1.29 is 9.47 Å². The first kappa shape index (κ1) is 16.5. The van der Waals surface area contributed by atoms with Crippen molar-refractivity contribution in [3.63, 3.8) is 0 Å². The zero-order chi connectivity index (χ0) is 15.9. The number of benzene rings is 2. The van der Waals surface area contributed by atoms with Crippen molar-refractivity contribution in [3.8, 4) is 11.5 Å². The number of rotatable bonds is 7. The Morgan fingerprint density at radius 2 is 1.64 bits per heavy atom. The van der Waals surface area contributed by atoms with Crippen LogP contribution in [0.1, 0.15) is 24.0 Å². The monoisotopic (exact) mass is 319 g/mol. The molecule has 0 aromatic heterocycles. The Balaban J connectivity index is 1.68. The molecule has 22 heavy (non-hydrogen) atoms. The number of hydrogen-bond acceptors (Lipinski definition) is 3. The van der Waals surface area contributed by atoms with Crippen LogP contribution in [0.2, 0.25) is 5.02 Å². The first-order valence-electron chi connectivity index (χ1n) is 7.45. The average molecular weight is 320 g/mol. The van der Waals surface area contributed by atoms with Crippen molar-refractivity contribution >= 4 is 17.3 Å². The molecule has 0 fully saturated rings. The number of nitrogen functional groups attached to an aromatic ring is 1. The van der Waals surface area contributed by atoms with Crippen molar-refractivity contribution in [1.82, 2.24) is 0 Å². The zero-order valence-corrected chi connectivity index (χ0v) is 13.8. The lowest BCUT2D eigenvalue weighted by molar-refractivity contribution is 0.265. The van der Waals surface area contributed by atoms with Gasteiger partial charge in [0, 0.05) is 16.3 Å². The second-order valence-corrected chi connectivity index (χ2v) is 5.72. The van der Waals surface area contributed by atoms with Gasteiger partial charge in [0.25, 0.3) is 0 Å². The summed E-state index contributed by atoms with van der Waals surface area (Å²) >= 11 is 5.92. The van der Waals surface area contributed by atoms with Crippen LogP contribution in [0.4, 0.5) is 5.69 Å². The highest BCUT2D eigenvalue weighted by atomic mass is 35.5. The van der Waals surface area contributed by atoms with E-state index in [9.17, 15) is 0 Å². The molecule has 4 heteroatoms. The lowest BCUT2D eigenvalue weighted by Gasteiger charge is -2.11. The van der Waals surface area contributed by atoms with Gasteiger partial charge < -0.3 is 15.2 Å². The third kappa shape index (κ3) is 4.57. The first-order chi connectivity index (χ1) is 10.6. The quantitative estimate of drug-likeness (QED) is 0.590. The summed E-state index contributed by atoms with van der Waals surface area (Å²) in [7, 11) is 0. The summed E-state index contributed by atoms with van der Waals surface area (Å²) in [6.45, 7) is 5.29. The zero-order valence-electron chi connectivity index (χ0n) is 13.1. The fourth-order valence-electron chi connectivity index (χ4n) is 2.13. The van der Waals surface area contributed by atoms with Gasteiger partial charge in [-0.1, -0.05) is 17.7 Å². The van der Waals surface area contributed by atoms with E-state index in [4.69, 9.17) is 26.8 Å². The number of aryl methyl sites for hydroxylation is 1. The molecule has 3 nitrogen and oxygen atoms in total. The molecule has 0 saturated heterocycles. The summed E-state index contributed by atoms with van der Waals surface area (Å²) in [4.78, 5) is 0. The Labute approximate surface area is 137 Å². The van der Waals surface area contributed by atoms with Gasteiger partial charge in [-0.25, -0.2) is 0 Å². The van der Waals surface area contributed by atoms with E-state index >= 15 is 0 Å². The number of nitrogens with two attached hydrogens (primary N) is 1. The molecule has 0 bridgehead atoms. The summed E-state index contributed by atoms with van der Waals surface area (Å²) < 4.78 is 11.5. The fraction of sp³-hybridized carbons (Fsp3) is 0.333. The first-order valence-corrected chi connectivity index (χ1v) is 7.82. The maximum Gasteiger partial charge on any atom is 0.124 e. The molecular formula is C18H22ClNO2. The Morgan fingerprint density at radius 1 is 0.955 bits per heavy atom. The van der Waals surface area contributed by atoms with Crippen LogP contribution in [-0.2, 0) is 0 Å². The van der Waals surface area contributed by atoms with Crippen LogP contribution >= 0.6 is 11.6 Å². The predicted octanol–water partition coefficient (Wildman–Crippen LogP) is 4.78. The Kier molecular flexibility index (Phi) is 5.96. The minimum Gasteiger partial charge on any atom is -0.493 e. The Bertz CT molecular complexity index is 628. The van der Waals surface area contributed by atoms with E-state index < -0.39 is 0 Å². The predicted molar refractivity (Wildman–Crippen MR) is 92.0 cm³/mol. The van der Waals surface area contributed by atoms with Crippen LogP contribution in [0.3, 0.4) is 0 Å². The Morgan fingerprint density at radius 3 is 2.32 bits per heavy atom. The molecule has 0 amide bonds. The normalized spacial score (nSPS) is 10.5. The number of ether oxygens (including phenoxy) is 2. The van der Waals surface area contributed by atoms with E-state index in [1.165, 1.54) is 0 Å². The molecule has 2 aromatic carbocycles. The number of hydrogen-bond donors (Lipinski definition) is 1. The van der Waals surface area contributed by atoms with Crippen molar-refractivity contribution in [2.75, 3.05) is 18.9 Å². The average Bonchev–Trinajstić information content (AvgIpc) is 2.48. The molecule has 2 N–H and O–H groups in total. The molecule has 0 aliphatic rings. The second kappa shape index (κ2) is 7.95. The van der Waals surface area contributed by atoms with E-state index in [-0.39, 0.29) is 0 Å². The molecule has 2 aromatic rings. The minimum absolute atomic E-state index is 0.660. The third-order valence-corrected chi connectivity index (χ3v) is 3.75. The van der Waals surface area contributed by atoms with Crippen LogP contribution in [0.25, 0.3) is 0 Å². The Hall–Kier alpha value is -1.87. The lowest BCUT2D eigenvalue weighted by Crippen LogP contribution is -2.04. The van der Waals surface area contributed by atoms with E-state index in [2.05, 4.69) is 0 Å². The molecule has 0 aliphatic carbocycles. The summed E-state index contributed by atoms with van der Waals surface area (Å²) in [5.41, 5.74) is 8.67. The molecule has 0 saturated carbocycles. The largest absolute Gasteiger partial charge is 0.493 e. The van der Waals surface area contributed by atoms with E-state index in [0.717, 1.165) is 46.2 Å². The lowest BCUT2D eigenvalue weighted by atomic mass is 10.2. The third-order valence-electron chi connectivity index (χ3n) is 3.52. The van der Waals surface area contributed by atoms with Gasteiger partial charge in [0.15, 0.2) is 0 Å². The molecule has 0 spiro atoms. The topological polar surface area (TPSA) is 44.5 Å². The van der Waals surface area contributed by atoms with Gasteiger partial charge in [0.1, 0.15) is 11.5 Å². The van der Waals surface area contributed by atoms with Crippen molar-refractivity contribution in [1.29, 1.82) is 0 Å². The summed E-state index contributed by atoms with van der Waals surface area (Å²) in [5.74, 6) is 1.74. The van der Waals surface area contributed by atoms with Crippen LogP contribution in [0.15, 0.2) is 36.4 Å². The standard InChI is InChI=1S/C18H22ClNO2/c1-13-12-15(19)8-9-17(13)21-10-3-4-11-22-18-7-5-6-16(20)14(18)2/h5-9,12H,3-4,10-11,20H2,1-2H3. The van der Waals surface area contributed by atoms with Gasteiger partial charge >= 0.3 is 0 Å². The van der Waals surface area contributed by atoms with Crippen molar-refractivity contribution in [2.24, 2.45) is 0 Å². The maximum atomic E-state index is 5.92. The fourth-order valence-corrected chi connectivity index (χ4v) is 2.36. The van der Waals surface area contributed by atoms with Gasteiger partial charge in [0.05, 0.1) is 13.2 Å². The highest BCUT2D eigenvalue weighted by Gasteiger charge is 2.03. The highest BCUT2D eigenvalue weighted by Crippen LogP contribution is 2.23. The second-order valence-electron chi connectivity index (χ2n) is 5.28. The van der Waals surface area contributed by atoms with Crippen LogP contribution in [-0.4, -0.2) is 13.2 Å². The molecular weight excluding hydrogens is 298 g/mol. The summed E-state index contributed by atoms with van der Waals surface area (Å²) in [5, 5.41) is 0.732. The number of halogens is 1. The van der Waals surface area contributed by atoms with Crippen LogP contribution in [0.5, 0.6) is 11.5 Å². The molecule has 0 heterocycles. The van der Waals surface area contributed by atoms with Gasteiger partial charge in [-0.2, -0.15) is 0 Å². The van der Waals surface area contributed by atoms with Gasteiger partial charge in [0.2, 0.25) is 0 Å². The van der Waals surface area contributed by atoms with Crippen LogP contribution in [0, 0.1) is 13.8 Å². The number of anilines is 1. The van der Waals surface area contributed by atoms with E-state index in [1.807, 2.05) is 50.2 Å². The highest BCUT2D eigenvalue weighted by molar-refractivity contribution is 6.30. The maximum absolute atomic E-state index is 5.92. The SMILES string of the molecule is Cc1cc(Cl)ccc1OCCCCOc1cccc(N)c1C. The summed E-state index contributed by atoms with van der Waals surface area (Å²) in [6, 6.07) is 11.4. The molecule has 0 radical (unpaired) electrons. The minimum atomic E-state index is 0.660. The summed E-state index contributed by atoms with van der Waals surface area (Å²) in [6.07, 6.45) is 1.87. The van der Waals surface area contributed by atoms with Crippen molar-refractivity contribution in [2.45, 2.75) is 26.7 Å². The molecule has 0 atom stereocenters. The van der Waals surface area contributed by atoms with Gasteiger partial charge in [-0.15, -0.1) is 0 Å².